The molecular formula is C16H17N3S. The first-order chi connectivity index (χ1) is 9.72. The molecule has 0 bridgehead atoms. The Labute approximate surface area is 122 Å². The second kappa shape index (κ2) is 5.69. The number of aromatic nitrogens is 2. The highest BCUT2D eigenvalue weighted by Crippen LogP contribution is 2.18. The molecule has 2 heterocycles. The first-order valence-electron chi connectivity index (χ1n) is 6.69. The van der Waals surface area contributed by atoms with E-state index in [1.165, 1.54) is 10.9 Å². The summed E-state index contributed by atoms with van der Waals surface area (Å²) in [5.41, 5.74) is 4.51. The molecule has 2 aromatic heterocycles. The predicted octanol–water partition coefficient (Wildman–Crippen LogP) is 3.60. The van der Waals surface area contributed by atoms with Gasteiger partial charge in [-0.1, -0.05) is 18.2 Å². The molecule has 0 fully saturated rings. The second-order valence-corrected chi connectivity index (χ2v) is 5.87. The van der Waals surface area contributed by atoms with Crippen LogP contribution in [0.15, 0.2) is 35.7 Å². The number of hydrogen-bond donors (Lipinski definition) is 1. The van der Waals surface area contributed by atoms with Crippen molar-refractivity contribution in [1.29, 1.82) is 0 Å². The van der Waals surface area contributed by atoms with E-state index in [9.17, 15) is 0 Å². The second-order valence-electron chi connectivity index (χ2n) is 4.93. The molecule has 20 heavy (non-hydrogen) atoms. The standard InChI is InChI=1S/C16H17N3S/c1-11-7-13(14-5-3-4-6-15(14)18-11)8-17-9-16-19-12(2)10-20-16/h3-7,10,17H,8-9H2,1-2H3. The van der Waals surface area contributed by atoms with Gasteiger partial charge >= 0.3 is 0 Å². The maximum atomic E-state index is 4.57. The number of pyridine rings is 1. The van der Waals surface area contributed by atoms with E-state index < -0.39 is 0 Å². The van der Waals surface area contributed by atoms with E-state index in [2.05, 4.69) is 44.9 Å². The van der Waals surface area contributed by atoms with Gasteiger partial charge in [-0.15, -0.1) is 11.3 Å². The van der Waals surface area contributed by atoms with Gasteiger partial charge in [-0.05, 0) is 31.5 Å². The molecule has 0 saturated carbocycles. The van der Waals surface area contributed by atoms with Gasteiger partial charge in [0.15, 0.2) is 0 Å². The first-order valence-corrected chi connectivity index (χ1v) is 7.57. The van der Waals surface area contributed by atoms with Crippen LogP contribution in [0.2, 0.25) is 0 Å². The number of benzene rings is 1. The zero-order valence-corrected chi connectivity index (χ0v) is 12.5. The number of nitrogens with zero attached hydrogens (tertiary/aromatic N) is 2. The Morgan fingerprint density at radius 3 is 2.70 bits per heavy atom. The smallest absolute Gasteiger partial charge is 0.107 e. The molecule has 0 aliphatic heterocycles. The van der Waals surface area contributed by atoms with Crippen LogP contribution in [0.4, 0.5) is 0 Å². The third-order valence-corrected chi connectivity index (χ3v) is 4.15. The van der Waals surface area contributed by atoms with Crippen LogP contribution in [-0.4, -0.2) is 9.97 Å². The summed E-state index contributed by atoms with van der Waals surface area (Å²) < 4.78 is 0. The number of thiazole rings is 1. The lowest BCUT2D eigenvalue weighted by atomic mass is 10.1. The Balaban J connectivity index is 1.77. The number of hydrogen-bond acceptors (Lipinski definition) is 4. The summed E-state index contributed by atoms with van der Waals surface area (Å²) in [5.74, 6) is 0. The van der Waals surface area contributed by atoms with E-state index in [-0.39, 0.29) is 0 Å². The molecule has 0 radical (unpaired) electrons. The zero-order chi connectivity index (χ0) is 13.9. The molecule has 0 amide bonds. The zero-order valence-electron chi connectivity index (χ0n) is 11.7. The molecular weight excluding hydrogens is 266 g/mol. The summed E-state index contributed by atoms with van der Waals surface area (Å²) in [7, 11) is 0. The lowest BCUT2D eigenvalue weighted by molar-refractivity contribution is 0.691. The van der Waals surface area contributed by atoms with Crippen LogP contribution in [0.5, 0.6) is 0 Å². The van der Waals surface area contributed by atoms with E-state index in [1.807, 2.05) is 19.9 Å². The van der Waals surface area contributed by atoms with E-state index in [1.54, 1.807) is 11.3 Å². The molecule has 0 aliphatic carbocycles. The van der Waals surface area contributed by atoms with Crippen molar-refractivity contribution in [3.8, 4) is 0 Å². The number of rotatable bonds is 4. The Morgan fingerprint density at radius 1 is 1.05 bits per heavy atom. The molecule has 102 valence electrons. The lowest BCUT2D eigenvalue weighted by Crippen LogP contribution is -2.13. The van der Waals surface area contributed by atoms with Crippen LogP contribution in [0.25, 0.3) is 10.9 Å². The Hall–Kier alpha value is -1.78. The van der Waals surface area contributed by atoms with E-state index in [4.69, 9.17) is 0 Å². The van der Waals surface area contributed by atoms with Crippen molar-refractivity contribution in [2.75, 3.05) is 0 Å². The van der Waals surface area contributed by atoms with Gasteiger partial charge in [0, 0.05) is 35.2 Å². The summed E-state index contributed by atoms with van der Waals surface area (Å²) in [6.45, 7) is 5.72. The van der Waals surface area contributed by atoms with Crippen molar-refractivity contribution in [3.05, 3.63) is 57.7 Å². The van der Waals surface area contributed by atoms with Gasteiger partial charge in [-0.25, -0.2) is 4.98 Å². The molecule has 0 unspecified atom stereocenters. The Bertz CT molecular complexity index is 733. The fourth-order valence-electron chi connectivity index (χ4n) is 2.33. The molecule has 1 aromatic carbocycles. The van der Waals surface area contributed by atoms with Gasteiger partial charge in [-0.3, -0.25) is 4.98 Å². The third-order valence-electron chi connectivity index (χ3n) is 3.19. The number of aryl methyl sites for hydroxylation is 2. The van der Waals surface area contributed by atoms with E-state index >= 15 is 0 Å². The molecule has 0 spiro atoms. The van der Waals surface area contributed by atoms with Crippen LogP contribution < -0.4 is 5.32 Å². The van der Waals surface area contributed by atoms with E-state index in [0.29, 0.717) is 0 Å². The normalized spacial score (nSPS) is 11.1. The van der Waals surface area contributed by atoms with Gasteiger partial charge < -0.3 is 5.32 Å². The largest absolute Gasteiger partial charge is 0.306 e. The highest BCUT2D eigenvalue weighted by Gasteiger charge is 2.04. The van der Waals surface area contributed by atoms with Crippen LogP contribution in [0, 0.1) is 13.8 Å². The highest BCUT2D eigenvalue weighted by molar-refractivity contribution is 7.09. The molecule has 0 aliphatic rings. The molecule has 3 nitrogen and oxygen atoms in total. The molecule has 0 saturated heterocycles. The van der Waals surface area contributed by atoms with Gasteiger partial charge in [0.1, 0.15) is 5.01 Å². The molecule has 1 N–H and O–H groups in total. The molecule has 3 aromatic rings. The molecule has 4 heteroatoms. The quantitative estimate of drug-likeness (QED) is 0.795. The van der Waals surface area contributed by atoms with Gasteiger partial charge in [0.05, 0.1) is 5.52 Å². The minimum Gasteiger partial charge on any atom is -0.306 e. The van der Waals surface area contributed by atoms with Crippen molar-refractivity contribution < 1.29 is 0 Å². The van der Waals surface area contributed by atoms with Crippen molar-refractivity contribution in [1.82, 2.24) is 15.3 Å². The van der Waals surface area contributed by atoms with Crippen molar-refractivity contribution in [2.45, 2.75) is 26.9 Å². The van der Waals surface area contributed by atoms with E-state index in [0.717, 1.165) is 35.0 Å². The summed E-state index contributed by atoms with van der Waals surface area (Å²) in [4.78, 5) is 9.03. The number of nitrogens with one attached hydrogen (secondary N) is 1. The number of para-hydroxylation sites is 1. The maximum absolute atomic E-state index is 4.57. The monoisotopic (exact) mass is 283 g/mol. The van der Waals surface area contributed by atoms with Gasteiger partial charge in [0.2, 0.25) is 0 Å². The van der Waals surface area contributed by atoms with Gasteiger partial charge in [0.25, 0.3) is 0 Å². The predicted molar refractivity (Wildman–Crippen MR) is 83.9 cm³/mol. The average Bonchev–Trinajstić information content (AvgIpc) is 2.84. The maximum Gasteiger partial charge on any atom is 0.107 e. The fraction of sp³-hybridized carbons (Fsp3) is 0.250. The highest BCUT2D eigenvalue weighted by atomic mass is 32.1. The Morgan fingerprint density at radius 2 is 1.90 bits per heavy atom. The summed E-state index contributed by atoms with van der Waals surface area (Å²) in [5, 5.41) is 7.92. The minimum absolute atomic E-state index is 0.814. The van der Waals surface area contributed by atoms with Gasteiger partial charge in [-0.2, -0.15) is 0 Å². The van der Waals surface area contributed by atoms with Crippen LogP contribution in [0.3, 0.4) is 0 Å². The lowest BCUT2D eigenvalue weighted by Gasteiger charge is -2.08. The van der Waals surface area contributed by atoms with Crippen molar-refractivity contribution in [3.63, 3.8) is 0 Å². The average molecular weight is 283 g/mol. The molecule has 0 atom stereocenters. The fourth-order valence-corrected chi connectivity index (χ4v) is 3.07. The van der Waals surface area contributed by atoms with Crippen LogP contribution >= 0.6 is 11.3 Å². The van der Waals surface area contributed by atoms with Crippen LogP contribution in [0.1, 0.15) is 22.0 Å². The van der Waals surface area contributed by atoms with Crippen molar-refractivity contribution >= 4 is 22.2 Å². The summed E-state index contributed by atoms with van der Waals surface area (Å²) in [6, 6.07) is 10.4. The minimum atomic E-state index is 0.814. The van der Waals surface area contributed by atoms with Crippen molar-refractivity contribution in [2.24, 2.45) is 0 Å². The Kier molecular flexibility index (Phi) is 3.76. The van der Waals surface area contributed by atoms with Crippen LogP contribution in [-0.2, 0) is 13.1 Å². The summed E-state index contributed by atoms with van der Waals surface area (Å²) in [6.07, 6.45) is 0. The SMILES string of the molecule is Cc1csc(CNCc2cc(C)nc3ccccc23)n1. The topological polar surface area (TPSA) is 37.8 Å². The summed E-state index contributed by atoms with van der Waals surface area (Å²) >= 11 is 1.71. The first kappa shape index (κ1) is 13.2. The number of fused-ring (bicyclic) bond motifs is 1. The molecule has 3 rings (SSSR count). The third kappa shape index (κ3) is 2.86.